The minimum atomic E-state index is -0.365. The van der Waals surface area contributed by atoms with Crippen LogP contribution in [0.5, 0.6) is 0 Å². The van der Waals surface area contributed by atoms with E-state index in [2.05, 4.69) is 37.5 Å². The van der Waals surface area contributed by atoms with Gasteiger partial charge in [0.25, 0.3) is 0 Å². The summed E-state index contributed by atoms with van der Waals surface area (Å²) in [7, 11) is 0. The molecule has 170 valence electrons. The van der Waals surface area contributed by atoms with Gasteiger partial charge < -0.3 is 10.4 Å². The van der Waals surface area contributed by atoms with E-state index in [0.717, 1.165) is 13.0 Å². The summed E-state index contributed by atoms with van der Waals surface area (Å²) in [6.07, 6.45) is 30.7. The summed E-state index contributed by atoms with van der Waals surface area (Å²) in [5.74, 6) is 0. The third kappa shape index (κ3) is 10.7. The summed E-state index contributed by atoms with van der Waals surface area (Å²) in [5.41, 5.74) is 0. The van der Waals surface area contributed by atoms with Gasteiger partial charge in [0, 0.05) is 13.3 Å². The summed E-state index contributed by atoms with van der Waals surface area (Å²) in [6, 6.07) is 0. The van der Waals surface area contributed by atoms with Gasteiger partial charge in [-0.05, 0) is 19.8 Å². The Hall–Kier alpha value is -0.800. The first kappa shape index (κ1) is 26.2. The molecule has 3 nitrogen and oxygen atoms in total. The second kappa shape index (κ2) is 16.9. The average molecular weight is 408 g/mol. The first-order valence-corrected chi connectivity index (χ1v) is 12.8. The zero-order valence-corrected chi connectivity index (χ0v) is 19.9. The highest BCUT2D eigenvalue weighted by molar-refractivity contribution is 4.91. The summed E-state index contributed by atoms with van der Waals surface area (Å²) in [6.45, 7) is 7.25. The van der Waals surface area contributed by atoms with Gasteiger partial charge in [-0.1, -0.05) is 103 Å². The van der Waals surface area contributed by atoms with Crippen LogP contribution in [0.15, 0.2) is 24.6 Å². The molecule has 2 N–H and O–H groups in total. The Balaban J connectivity index is 1.90. The molecule has 0 aromatic heterocycles. The topological polar surface area (TPSA) is 32.3 Å². The molecule has 1 aliphatic heterocycles. The number of aliphatic hydroxyl groups is 1. The van der Waals surface area contributed by atoms with Crippen LogP contribution in [0.4, 0.5) is 0 Å². The number of hydrogen-bond donors (Lipinski definition) is 2. The van der Waals surface area contributed by atoms with E-state index < -0.39 is 0 Å². The van der Waals surface area contributed by atoms with Crippen molar-refractivity contribution in [2.75, 3.05) is 6.54 Å². The van der Waals surface area contributed by atoms with Gasteiger partial charge in [0.15, 0.2) is 12.4 Å². The van der Waals surface area contributed by atoms with Crippen LogP contribution < -0.4 is 5.32 Å². The molecule has 1 aliphatic rings. The van der Waals surface area contributed by atoms with E-state index in [9.17, 15) is 5.11 Å². The number of quaternary nitrogens is 1. The molecule has 1 heterocycles. The van der Waals surface area contributed by atoms with Crippen molar-refractivity contribution in [2.45, 2.75) is 136 Å². The minimum absolute atomic E-state index is 0.271. The van der Waals surface area contributed by atoms with Gasteiger partial charge in [-0.3, -0.25) is 4.48 Å². The van der Waals surface area contributed by atoms with Gasteiger partial charge in [-0.25, -0.2) is 0 Å². The van der Waals surface area contributed by atoms with Crippen molar-refractivity contribution in [3.05, 3.63) is 24.6 Å². The van der Waals surface area contributed by atoms with Crippen LogP contribution in [0.3, 0.4) is 0 Å². The number of hydrogen-bond acceptors (Lipinski definition) is 2. The van der Waals surface area contributed by atoms with Gasteiger partial charge in [0.05, 0.1) is 12.7 Å². The fourth-order valence-corrected chi connectivity index (χ4v) is 4.57. The maximum atomic E-state index is 10.2. The molecule has 3 atom stereocenters. The molecule has 0 spiro atoms. The van der Waals surface area contributed by atoms with Crippen molar-refractivity contribution < 1.29 is 9.59 Å². The molecule has 0 aromatic carbocycles. The van der Waals surface area contributed by atoms with Crippen molar-refractivity contribution in [2.24, 2.45) is 0 Å². The van der Waals surface area contributed by atoms with Crippen LogP contribution in [0.25, 0.3) is 0 Å². The SMILES string of the molecule is CCCCCCCCCCCCCCCC/C=C/CC1NC=C[N+]1(CC)C(C)O. The van der Waals surface area contributed by atoms with Crippen molar-refractivity contribution in [3.8, 4) is 0 Å². The van der Waals surface area contributed by atoms with Gasteiger partial charge in [-0.15, -0.1) is 0 Å². The molecule has 0 bridgehead atoms. The second-order valence-electron chi connectivity index (χ2n) is 9.03. The van der Waals surface area contributed by atoms with Gasteiger partial charge in [-0.2, -0.15) is 0 Å². The number of aliphatic hydroxyl groups excluding tert-OH is 1. The van der Waals surface area contributed by atoms with Crippen molar-refractivity contribution in [1.29, 1.82) is 0 Å². The largest absolute Gasteiger partial charge is 0.345 e. The fraction of sp³-hybridized carbons (Fsp3) is 0.846. The Kier molecular flexibility index (Phi) is 15.3. The lowest BCUT2D eigenvalue weighted by Gasteiger charge is -2.38. The zero-order valence-electron chi connectivity index (χ0n) is 19.9. The monoisotopic (exact) mass is 407 g/mol. The number of rotatable bonds is 19. The molecular formula is C26H51N2O+. The zero-order chi connectivity index (χ0) is 21.2. The van der Waals surface area contributed by atoms with E-state index in [0.29, 0.717) is 4.48 Å². The quantitative estimate of drug-likeness (QED) is 0.133. The maximum absolute atomic E-state index is 10.2. The van der Waals surface area contributed by atoms with Gasteiger partial charge >= 0.3 is 0 Å². The molecule has 0 aromatic rings. The van der Waals surface area contributed by atoms with Crippen molar-refractivity contribution in [1.82, 2.24) is 5.32 Å². The lowest BCUT2D eigenvalue weighted by molar-refractivity contribution is -0.941. The number of unbranched alkanes of at least 4 members (excludes halogenated alkanes) is 14. The lowest BCUT2D eigenvalue weighted by Crippen LogP contribution is -2.57. The summed E-state index contributed by atoms with van der Waals surface area (Å²) >= 11 is 0. The molecule has 0 saturated heterocycles. The molecule has 0 saturated carbocycles. The smallest absolute Gasteiger partial charge is 0.193 e. The Morgan fingerprint density at radius 3 is 1.83 bits per heavy atom. The Morgan fingerprint density at radius 2 is 1.34 bits per heavy atom. The van der Waals surface area contributed by atoms with Gasteiger partial charge in [0.2, 0.25) is 0 Å². The Bertz CT molecular complexity index is 432. The van der Waals surface area contributed by atoms with E-state index in [1.165, 1.54) is 96.3 Å². The highest BCUT2D eigenvalue weighted by atomic mass is 16.3. The second-order valence-corrected chi connectivity index (χ2v) is 9.03. The molecule has 29 heavy (non-hydrogen) atoms. The van der Waals surface area contributed by atoms with E-state index in [1.807, 2.05) is 13.1 Å². The molecule has 0 amide bonds. The first-order chi connectivity index (χ1) is 14.2. The standard InChI is InChI=1S/C26H51N2O/c1-4-6-7-8-9-10-11-12-13-14-15-16-17-18-19-20-21-22-26-27-23-24-28(26,5-2)25(3)29/h20-21,23-27,29H,4-19,22H2,1-3H3/q+1/b21-20+. The van der Waals surface area contributed by atoms with E-state index in [1.54, 1.807) is 0 Å². The predicted octanol–water partition coefficient (Wildman–Crippen LogP) is 7.38. The van der Waals surface area contributed by atoms with E-state index in [4.69, 9.17) is 0 Å². The fourth-order valence-electron chi connectivity index (χ4n) is 4.57. The van der Waals surface area contributed by atoms with Crippen molar-refractivity contribution >= 4 is 0 Å². The molecule has 0 fully saturated rings. The third-order valence-electron chi connectivity index (χ3n) is 6.71. The highest BCUT2D eigenvalue weighted by Crippen LogP contribution is 2.24. The van der Waals surface area contributed by atoms with Crippen LogP contribution in [0.1, 0.15) is 124 Å². The number of nitrogens with zero attached hydrogens (tertiary/aromatic N) is 1. The first-order valence-electron chi connectivity index (χ1n) is 12.8. The average Bonchev–Trinajstić information content (AvgIpc) is 3.14. The molecule has 0 radical (unpaired) electrons. The van der Waals surface area contributed by atoms with Crippen LogP contribution in [-0.4, -0.2) is 28.5 Å². The molecular weight excluding hydrogens is 356 g/mol. The van der Waals surface area contributed by atoms with Crippen LogP contribution >= 0.6 is 0 Å². The van der Waals surface area contributed by atoms with Crippen LogP contribution in [0.2, 0.25) is 0 Å². The highest BCUT2D eigenvalue weighted by Gasteiger charge is 2.40. The maximum Gasteiger partial charge on any atom is 0.193 e. The number of allylic oxidation sites excluding steroid dienone is 1. The van der Waals surface area contributed by atoms with Crippen LogP contribution in [0, 0.1) is 0 Å². The Labute approximate surface area is 182 Å². The molecule has 3 unspecified atom stereocenters. The molecule has 0 aliphatic carbocycles. The van der Waals surface area contributed by atoms with Gasteiger partial charge in [0.1, 0.15) is 6.20 Å². The summed E-state index contributed by atoms with van der Waals surface area (Å²) < 4.78 is 0.628. The van der Waals surface area contributed by atoms with E-state index in [-0.39, 0.29) is 12.4 Å². The molecule has 1 rings (SSSR count). The lowest BCUT2D eigenvalue weighted by atomic mass is 10.0. The van der Waals surface area contributed by atoms with Crippen molar-refractivity contribution in [3.63, 3.8) is 0 Å². The predicted molar refractivity (Wildman–Crippen MR) is 127 cm³/mol. The number of nitrogens with one attached hydrogen (secondary N) is 1. The summed E-state index contributed by atoms with van der Waals surface area (Å²) in [4.78, 5) is 0. The Morgan fingerprint density at radius 1 is 0.828 bits per heavy atom. The third-order valence-corrected chi connectivity index (χ3v) is 6.71. The van der Waals surface area contributed by atoms with Crippen LogP contribution in [-0.2, 0) is 0 Å². The minimum Gasteiger partial charge on any atom is -0.345 e. The molecule has 3 heteroatoms. The van der Waals surface area contributed by atoms with E-state index >= 15 is 0 Å². The normalized spacial score (nSPS) is 22.4. The summed E-state index contributed by atoms with van der Waals surface area (Å²) in [5, 5.41) is 13.6.